The van der Waals surface area contributed by atoms with Crippen LogP contribution in [0.4, 0.5) is 5.69 Å². The number of nitrogens with zero attached hydrogens (tertiary/aromatic N) is 1. The van der Waals surface area contributed by atoms with Crippen molar-refractivity contribution >= 4 is 34.9 Å². The van der Waals surface area contributed by atoms with Gasteiger partial charge in [-0.15, -0.1) is 0 Å². The van der Waals surface area contributed by atoms with Gasteiger partial charge in [0.1, 0.15) is 5.78 Å². The van der Waals surface area contributed by atoms with Gasteiger partial charge in [-0.05, 0) is 50.7 Å². The van der Waals surface area contributed by atoms with Crippen molar-refractivity contribution in [1.82, 2.24) is 10.2 Å². The molecule has 4 rings (SSSR count). The molecule has 3 fully saturated rings. The number of nitrogens with one attached hydrogen (secondary N) is 2. The summed E-state index contributed by atoms with van der Waals surface area (Å²) in [5.74, 6) is 0.309. The quantitative estimate of drug-likeness (QED) is 0.747. The van der Waals surface area contributed by atoms with Crippen molar-refractivity contribution in [2.45, 2.75) is 75.9 Å². The molecule has 1 saturated carbocycles. The molecular weight excluding hydrogens is 402 g/mol. The van der Waals surface area contributed by atoms with Crippen molar-refractivity contribution in [3.8, 4) is 0 Å². The zero-order valence-corrected chi connectivity index (χ0v) is 18.0. The first-order valence-electron chi connectivity index (χ1n) is 11.1. The van der Waals surface area contributed by atoms with E-state index in [2.05, 4.69) is 15.5 Å². The van der Waals surface area contributed by atoms with E-state index in [0.717, 1.165) is 25.7 Å². The van der Waals surface area contributed by atoms with E-state index in [9.17, 15) is 14.4 Å². The van der Waals surface area contributed by atoms with E-state index < -0.39 is 0 Å². The monoisotopic (exact) mass is 431 g/mol. The lowest BCUT2D eigenvalue weighted by Crippen LogP contribution is -2.58. The number of piperidine rings is 2. The van der Waals surface area contributed by atoms with Crippen LogP contribution in [0.25, 0.3) is 0 Å². The highest BCUT2D eigenvalue weighted by Gasteiger charge is 2.40. The summed E-state index contributed by atoms with van der Waals surface area (Å²) >= 11 is 6.16. The van der Waals surface area contributed by atoms with Gasteiger partial charge in [0.2, 0.25) is 11.8 Å². The van der Waals surface area contributed by atoms with Crippen LogP contribution in [0.15, 0.2) is 24.3 Å². The smallest absolute Gasteiger partial charge is 0.238 e. The number of anilines is 1. The Morgan fingerprint density at radius 1 is 1.03 bits per heavy atom. The fourth-order valence-corrected chi connectivity index (χ4v) is 5.48. The molecule has 3 aliphatic rings. The minimum atomic E-state index is -0.0469. The number of halogens is 1. The Hall–Kier alpha value is -1.92. The average molecular weight is 432 g/mol. The van der Waals surface area contributed by atoms with E-state index in [0.29, 0.717) is 55.0 Å². The number of carbonyl (C=O) groups excluding carboxylic acids is 3. The Kier molecular flexibility index (Phi) is 6.74. The van der Waals surface area contributed by atoms with Gasteiger partial charge in [0, 0.05) is 36.9 Å². The molecule has 30 heavy (non-hydrogen) atoms. The molecule has 0 spiro atoms. The molecule has 2 heterocycles. The molecule has 2 bridgehead atoms. The molecule has 6 nitrogen and oxygen atoms in total. The van der Waals surface area contributed by atoms with Crippen molar-refractivity contribution in [3.05, 3.63) is 29.3 Å². The molecule has 162 valence electrons. The van der Waals surface area contributed by atoms with Crippen molar-refractivity contribution in [1.29, 1.82) is 0 Å². The van der Waals surface area contributed by atoms with Crippen molar-refractivity contribution in [3.63, 3.8) is 0 Å². The van der Waals surface area contributed by atoms with Crippen LogP contribution in [-0.2, 0) is 14.4 Å². The van der Waals surface area contributed by atoms with Gasteiger partial charge in [0.25, 0.3) is 0 Å². The second-order valence-electron chi connectivity index (χ2n) is 8.93. The number of hydrogen-bond donors (Lipinski definition) is 2. The Bertz CT molecular complexity index is 791. The topological polar surface area (TPSA) is 78.5 Å². The summed E-state index contributed by atoms with van der Waals surface area (Å²) in [6, 6.07) is 8.05. The largest absolute Gasteiger partial charge is 0.353 e. The summed E-state index contributed by atoms with van der Waals surface area (Å²) in [4.78, 5) is 39.1. The van der Waals surface area contributed by atoms with E-state index in [1.165, 1.54) is 6.42 Å². The van der Waals surface area contributed by atoms with E-state index in [-0.39, 0.29) is 29.6 Å². The van der Waals surface area contributed by atoms with Crippen molar-refractivity contribution in [2.24, 2.45) is 5.92 Å². The number of benzene rings is 1. The lowest BCUT2D eigenvalue weighted by molar-refractivity contribution is -0.130. The molecule has 0 aromatic heterocycles. The third-order valence-corrected chi connectivity index (χ3v) is 7.19. The highest BCUT2D eigenvalue weighted by Crippen LogP contribution is 2.34. The third kappa shape index (κ3) is 5.03. The maximum atomic E-state index is 12.7. The Morgan fingerprint density at radius 3 is 2.37 bits per heavy atom. The van der Waals surface area contributed by atoms with Crippen LogP contribution in [0.2, 0.25) is 5.02 Å². The molecule has 1 aromatic rings. The standard InChI is InChI=1S/C23H30ClN3O3/c24-20-6-1-2-7-21(20)26-22(29)14-27-17-4-3-5-18(27)13-16(12-17)25-23(30)15-8-10-19(28)11-9-15/h1-2,6-7,15-18H,3-5,8-14H2,(H,25,30)(H,26,29). The normalized spacial score (nSPS) is 27.5. The number of Topliss-reactive ketones (excluding diaryl/α,β-unsaturated/α-hetero) is 1. The van der Waals surface area contributed by atoms with Crippen LogP contribution in [0.1, 0.15) is 57.8 Å². The van der Waals surface area contributed by atoms with Crippen molar-refractivity contribution < 1.29 is 14.4 Å². The van der Waals surface area contributed by atoms with Gasteiger partial charge in [0.15, 0.2) is 0 Å². The second kappa shape index (κ2) is 9.48. The summed E-state index contributed by atoms with van der Waals surface area (Å²) in [5.41, 5.74) is 0.641. The molecular formula is C23H30ClN3O3. The molecule has 1 aliphatic carbocycles. The molecule has 0 radical (unpaired) electrons. The Labute approximate surface area is 182 Å². The molecule has 2 saturated heterocycles. The van der Waals surface area contributed by atoms with Gasteiger partial charge in [-0.25, -0.2) is 0 Å². The van der Waals surface area contributed by atoms with Gasteiger partial charge in [0.05, 0.1) is 17.3 Å². The predicted molar refractivity (Wildman–Crippen MR) is 116 cm³/mol. The second-order valence-corrected chi connectivity index (χ2v) is 9.34. The minimum Gasteiger partial charge on any atom is -0.353 e. The van der Waals surface area contributed by atoms with E-state index in [1.54, 1.807) is 6.07 Å². The molecule has 2 atom stereocenters. The summed E-state index contributed by atoms with van der Waals surface area (Å²) in [6.45, 7) is 0.353. The van der Waals surface area contributed by atoms with E-state index in [1.807, 2.05) is 18.2 Å². The molecule has 2 unspecified atom stereocenters. The minimum absolute atomic E-state index is 0.0260. The predicted octanol–water partition coefficient (Wildman–Crippen LogP) is 3.54. The lowest BCUT2D eigenvalue weighted by Gasteiger charge is -2.48. The fraction of sp³-hybridized carbons (Fsp3) is 0.609. The number of ketones is 1. The average Bonchev–Trinajstić information content (AvgIpc) is 2.71. The number of carbonyl (C=O) groups is 3. The van der Waals surface area contributed by atoms with Gasteiger partial charge in [-0.2, -0.15) is 0 Å². The van der Waals surface area contributed by atoms with Gasteiger partial charge >= 0.3 is 0 Å². The van der Waals surface area contributed by atoms with Crippen LogP contribution in [0, 0.1) is 5.92 Å². The number of hydrogen-bond acceptors (Lipinski definition) is 4. The van der Waals surface area contributed by atoms with Gasteiger partial charge in [-0.1, -0.05) is 30.2 Å². The number of para-hydroxylation sites is 1. The highest BCUT2D eigenvalue weighted by molar-refractivity contribution is 6.33. The summed E-state index contributed by atoms with van der Waals surface area (Å²) < 4.78 is 0. The van der Waals surface area contributed by atoms with Crippen LogP contribution in [0.3, 0.4) is 0 Å². The number of rotatable bonds is 5. The zero-order chi connectivity index (χ0) is 21.1. The van der Waals surface area contributed by atoms with E-state index >= 15 is 0 Å². The van der Waals surface area contributed by atoms with Gasteiger partial charge < -0.3 is 10.6 Å². The maximum absolute atomic E-state index is 12.7. The molecule has 2 aliphatic heterocycles. The number of fused-ring (bicyclic) bond motifs is 2. The SMILES string of the molecule is O=C1CCC(C(=O)NC2CC3CCCC(C2)N3CC(=O)Nc2ccccc2Cl)CC1. The summed E-state index contributed by atoms with van der Waals surface area (Å²) in [5, 5.41) is 6.72. The van der Waals surface area contributed by atoms with Crippen LogP contribution in [-0.4, -0.2) is 47.2 Å². The van der Waals surface area contributed by atoms with Crippen LogP contribution in [0.5, 0.6) is 0 Å². The molecule has 1 aromatic carbocycles. The molecule has 2 N–H and O–H groups in total. The van der Waals surface area contributed by atoms with Crippen molar-refractivity contribution in [2.75, 3.05) is 11.9 Å². The third-order valence-electron chi connectivity index (χ3n) is 6.86. The fourth-order valence-electron chi connectivity index (χ4n) is 5.29. The maximum Gasteiger partial charge on any atom is 0.238 e. The summed E-state index contributed by atoms with van der Waals surface area (Å²) in [7, 11) is 0. The first kappa shape index (κ1) is 21.3. The first-order valence-corrected chi connectivity index (χ1v) is 11.5. The Balaban J connectivity index is 1.32. The van der Waals surface area contributed by atoms with E-state index in [4.69, 9.17) is 11.6 Å². The summed E-state index contributed by atoms with van der Waals surface area (Å²) in [6.07, 6.45) is 7.46. The lowest BCUT2D eigenvalue weighted by atomic mass is 9.81. The Morgan fingerprint density at radius 2 is 1.70 bits per heavy atom. The first-order chi connectivity index (χ1) is 14.5. The zero-order valence-electron chi connectivity index (χ0n) is 17.2. The molecule has 2 amide bonds. The highest BCUT2D eigenvalue weighted by atomic mass is 35.5. The van der Waals surface area contributed by atoms with Crippen LogP contribution < -0.4 is 10.6 Å². The van der Waals surface area contributed by atoms with Gasteiger partial charge in [-0.3, -0.25) is 19.3 Å². The van der Waals surface area contributed by atoms with Crippen LogP contribution >= 0.6 is 11.6 Å². The number of amides is 2. The molecule has 7 heteroatoms.